The molecule has 1 fully saturated rings. The molecule has 6 nitrogen and oxygen atoms in total. The third kappa shape index (κ3) is 5.76. The second-order valence-corrected chi connectivity index (χ2v) is 8.64. The van der Waals surface area contributed by atoms with Crippen LogP contribution < -0.4 is 15.2 Å². The van der Waals surface area contributed by atoms with E-state index in [0.29, 0.717) is 22.8 Å². The van der Waals surface area contributed by atoms with Crippen LogP contribution in [0.3, 0.4) is 0 Å². The van der Waals surface area contributed by atoms with E-state index in [2.05, 4.69) is 12.1 Å². The second kappa shape index (κ2) is 10.9. The SMILES string of the molecule is COc1ccc(CC2CCN(C(=O)c3cccc(COc4ccccc4C(N)=O)c3)CC2)cc1. The van der Waals surface area contributed by atoms with Crippen LogP contribution >= 0.6 is 0 Å². The van der Waals surface area contributed by atoms with Gasteiger partial charge in [-0.15, -0.1) is 0 Å². The van der Waals surface area contributed by atoms with Crippen LogP contribution in [0, 0.1) is 5.92 Å². The summed E-state index contributed by atoms with van der Waals surface area (Å²) in [6.07, 6.45) is 3.00. The van der Waals surface area contributed by atoms with Crippen LogP contribution in [0.25, 0.3) is 0 Å². The van der Waals surface area contributed by atoms with Crippen molar-refractivity contribution in [1.82, 2.24) is 4.90 Å². The topological polar surface area (TPSA) is 81.9 Å². The molecule has 1 aliphatic heterocycles. The van der Waals surface area contributed by atoms with E-state index in [9.17, 15) is 9.59 Å². The highest BCUT2D eigenvalue weighted by molar-refractivity contribution is 5.95. The van der Waals surface area contributed by atoms with Gasteiger partial charge in [0.15, 0.2) is 0 Å². The van der Waals surface area contributed by atoms with Gasteiger partial charge in [0.05, 0.1) is 12.7 Å². The van der Waals surface area contributed by atoms with Gasteiger partial charge in [-0.2, -0.15) is 0 Å². The maximum absolute atomic E-state index is 13.1. The summed E-state index contributed by atoms with van der Waals surface area (Å²) < 4.78 is 11.0. The Labute approximate surface area is 200 Å². The average Bonchev–Trinajstić information content (AvgIpc) is 2.88. The molecule has 0 atom stereocenters. The Balaban J connectivity index is 1.32. The van der Waals surface area contributed by atoms with Crippen molar-refractivity contribution in [3.63, 3.8) is 0 Å². The number of likely N-dealkylation sites (tertiary alicyclic amines) is 1. The number of benzene rings is 3. The predicted molar refractivity (Wildman–Crippen MR) is 131 cm³/mol. The summed E-state index contributed by atoms with van der Waals surface area (Å²) >= 11 is 0. The van der Waals surface area contributed by atoms with Crippen molar-refractivity contribution < 1.29 is 19.1 Å². The highest BCUT2D eigenvalue weighted by atomic mass is 16.5. The number of piperidine rings is 1. The maximum Gasteiger partial charge on any atom is 0.253 e. The Morgan fingerprint density at radius 2 is 1.68 bits per heavy atom. The lowest BCUT2D eigenvalue weighted by Gasteiger charge is -2.32. The van der Waals surface area contributed by atoms with Gasteiger partial charge in [0.2, 0.25) is 0 Å². The van der Waals surface area contributed by atoms with Crippen LogP contribution in [0.4, 0.5) is 0 Å². The van der Waals surface area contributed by atoms with Crippen molar-refractivity contribution in [1.29, 1.82) is 0 Å². The fraction of sp³-hybridized carbons (Fsp3) is 0.286. The summed E-state index contributed by atoms with van der Waals surface area (Å²) in [4.78, 5) is 26.6. The molecule has 2 amide bonds. The van der Waals surface area contributed by atoms with Gasteiger partial charge in [0, 0.05) is 18.7 Å². The number of nitrogens with zero attached hydrogens (tertiary/aromatic N) is 1. The molecule has 0 spiro atoms. The molecule has 1 aliphatic rings. The number of amides is 2. The lowest BCUT2D eigenvalue weighted by atomic mass is 9.90. The lowest BCUT2D eigenvalue weighted by Crippen LogP contribution is -2.38. The quantitative estimate of drug-likeness (QED) is 0.540. The highest BCUT2D eigenvalue weighted by Gasteiger charge is 2.24. The Kier molecular flexibility index (Phi) is 7.48. The van der Waals surface area contributed by atoms with Crippen LogP contribution in [0.1, 0.15) is 44.7 Å². The number of hydrogen-bond acceptors (Lipinski definition) is 4. The van der Waals surface area contributed by atoms with Crippen molar-refractivity contribution >= 4 is 11.8 Å². The fourth-order valence-corrected chi connectivity index (χ4v) is 4.37. The molecule has 3 aromatic carbocycles. The summed E-state index contributed by atoms with van der Waals surface area (Å²) in [7, 11) is 1.67. The van der Waals surface area contributed by atoms with Crippen LogP contribution in [0.5, 0.6) is 11.5 Å². The minimum absolute atomic E-state index is 0.0438. The lowest BCUT2D eigenvalue weighted by molar-refractivity contribution is 0.0690. The average molecular weight is 459 g/mol. The van der Waals surface area contributed by atoms with Gasteiger partial charge in [0.25, 0.3) is 11.8 Å². The Morgan fingerprint density at radius 1 is 0.941 bits per heavy atom. The van der Waals surface area contributed by atoms with Crippen LogP contribution in [-0.4, -0.2) is 36.9 Å². The van der Waals surface area contributed by atoms with Crippen molar-refractivity contribution in [3.05, 3.63) is 95.1 Å². The minimum Gasteiger partial charge on any atom is -0.497 e. The van der Waals surface area contributed by atoms with E-state index in [4.69, 9.17) is 15.2 Å². The number of carbonyl (C=O) groups excluding carboxylic acids is 2. The van der Waals surface area contributed by atoms with E-state index in [1.807, 2.05) is 41.3 Å². The first-order chi connectivity index (χ1) is 16.5. The summed E-state index contributed by atoms with van der Waals surface area (Å²) in [6, 6.07) is 22.6. The van der Waals surface area contributed by atoms with E-state index in [-0.39, 0.29) is 12.5 Å². The minimum atomic E-state index is -0.532. The molecule has 1 saturated heterocycles. The largest absolute Gasteiger partial charge is 0.497 e. The molecule has 4 rings (SSSR count). The molecule has 1 heterocycles. The number of hydrogen-bond donors (Lipinski definition) is 1. The third-order valence-electron chi connectivity index (χ3n) is 6.31. The summed E-state index contributed by atoms with van der Waals surface area (Å²) in [5, 5.41) is 0. The molecule has 0 saturated carbocycles. The molecule has 6 heteroatoms. The molecular weight excluding hydrogens is 428 g/mol. The second-order valence-electron chi connectivity index (χ2n) is 8.64. The van der Waals surface area contributed by atoms with Gasteiger partial charge >= 0.3 is 0 Å². The molecular formula is C28H30N2O4. The molecule has 34 heavy (non-hydrogen) atoms. The van der Waals surface area contributed by atoms with Crippen molar-refractivity contribution in [2.24, 2.45) is 11.7 Å². The monoisotopic (exact) mass is 458 g/mol. The zero-order valence-electron chi connectivity index (χ0n) is 19.4. The van der Waals surface area contributed by atoms with Crippen molar-refractivity contribution in [3.8, 4) is 11.5 Å². The van der Waals surface area contributed by atoms with Gasteiger partial charge in [-0.3, -0.25) is 9.59 Å². The zero-order chi connectivity index (χ0) is 23.9. The maximum atomic E-state index is 13.1. The molecule has 0 unspecified atom stereocenters. The summed E-state index contributed by atoms with van der Waals surface area (Å²) in [5.41, 5.74) is 8.57. The van der Waals surface area contributed by atoms with Gasteiger partial charge in [-0.05, 0) is 72.7 Å². The van der Waals surface area contributed by atoms with E-state index in [1.54, 1.807) is 31.4 Å². The highest BCUT2D eigenvalue weighted by Crippen LogP contribution is 2.24. The number of carbonyl (C=O) groups is 2. The molecule has 0 radical (unpaired) electrons. The Morgan fingerprint density at radius 3 is 2.38 bits per heavy atom. The van der Waals surface area contributed by atoms with Crippen molar-refractivity contribution in [2.75, 3.05) is 20.2 Å². The number of ether oxygens (including phenoxy) is 2. The summed E-state index contributed by atoms with van der Waals surface area (Å²) in [6.45, 7) is 1.76. The Bertz CT molecular complexity index is 1140. The van der Waals surface area contributed by atoms with Crippen LogP contribution in [0.2, 0.25) is 0 Å². The normalized spacial score (nSPS) is 14.0. The molecule has 176 valence electrons. The third-order valence-corrected chi connectivity index (χ3v) is 6.31. The van der Waals surface area contributed by atoms with E-state index in [1.165, 1.54) is 5.56 Å². The predicted octanol–water partition coefficient (Wildman–Crippen LogP) is 4.47. The molecule has 0 aliphatic carbocycles. The van der Waals surface area contributed by atoms with Crippen LogP contribution in [0.15, 0.2) is 72.8 Å². The van der Waals surface area contributed by atoms with E-state index < -0.39 is 5.91 Å². The van der Waals surface area contributed by atoms with Gasteiger partial charge in [-0.1, -0.05) is 36.4 Å². The first-order valence-corrected chi connectivity index (χ1v) is 11.6. The zero-order valence-corrected chi connectivity index (χ0v) is 19.4. The summed E-state index contributed by atoms with van der Waals surface area (Å²) in [5.74, 6) is 1.39. The molecule has 2 N–H and O–H groups in total. The first kappa shape index (κ1) is 23.4. The smallest absolute Gasteiger partial charge is 0.253 e. The number of methoxy groups -OCH3 is 1. The van der Waals surface area contributed by atoms with Crippen LogP contribution in [-0.2, 0) is 13.0 Å². The first-order valence-electron chi connectivity index (χ1n) is 11.6. The number of nitrogens with two attached hydrogens (primary N) is 1. The number of para-hydroxylation sites is 1. The molecule has 0 bridgehead atoms. The Hall–Kier alpha value is -3.80. The number of primary amides is 1. The standard InChI is InChI=1S/C28H30N2O4/c1-33-24-11-9-20(10-12-24)17-21-13-15-30(16-14-21)28(32)23-6-4-5-22(18-23)19-34-26-8-3-2-7-25(26)27(29)31/h2-12,18,21H,13-17,19H2,1H3,(H2,29,31). The van der Waals surface area contributed by atoms with Gasteiger partial charge in [0.1, 0.15) is 18.1 Å². The van der Waals surface area contributed by atoms with Crippen molar-refractivity contribution in [2.45, 2.75) is 25.9 Å². The van der Waals surface area contributed by atoms with E-state index in [0.717, 1.165) is 43.7 Å². The van der Waals surface area contributed by atoms with Gasteiger partial charge < -0.3 is 20.1 Å². The molecule has 0 aromatic heterocycles. The van der Waals surface area contributed by atoms with E-state index >= 15 is 0 Å². The van der Waals surface area contributed by atoms with Gasteiger partial charge in [-0.25, -0.2) is 0 Å². The number of rotatable bonds is 8. The molecule has 3 aromatic rings. The fourth-order valence-electron chi connectivity index (χ4n) is 4.37.